The van der Waals surface area contributed by atoms with Gasteiger partial charge in [0, 0.05) is 12.4 Å². The summed E-state index contributed by atoms with van der Waals surface area (Å²) < 4.78 is 9.06. The molecule has 164 valence electrons. The summed E-state index contributed by atoms with van der Waals surface area (Å²) in [6, 6.07) is 25.4. The molecule has 0 aliphatic heterocycles. The average Bonchev–Trinajstić information content (AvgIpc) is 3.73. The van der Waals surface area contributed by atoms with Gasteiger partial charge in [0.1, 0.15) is 6.26 Å². The predicted octanol–water partition coefficient (Wildman–Crippen LogP) is 7.97. The van der Waals surface area contributed by atoms with E-state index in [-0.39, 0.29) is 0 Å². The van der Waals surface area contributed by atoms with Crippen LogP contribution in [0.4, 0.5) is 0 Å². The summed E-state index contributed by atoms with van der Waals surface area (Å²) in [6.45, 7) is 0. The van der Waals surface area contributed by atoms with Crippen LogP contribution in [0, 0.1) is 0 Å². The summed E-state index contributed by atoms with van der Waals surface area (Å²) in [5.74, 6) is 0. The van der Waals surface area contributed by atoms with Crippen LogP contribution in [0.5, 0.6) is 0 Å². The highest BCUT2D eigenvalue weighted by atomic mass is 32.1. The minimum Gasteiger partial charge on any atom is -0.473 e. The summed E-state index contributed by atoms with van der Waals surface area (Å²) in [7, 11) is 0. The molecule has 0 spiro atoms. The molecule has 0 amide bonds. The first-order chi connectivity index (χ1) is 16.0. The molecular formula is C27H28N2O2S. The van der Waals surface area contributed by atoms with Gasteiger partial charge in [0.2, 0.25) is 0 Å². The highest BCUT2D eigenvalue weighted by molar-refractivity contribution is 7.07. The van der Waals surface area contributed by atoms with Crippen LogP contribution in [0.1, 0.15) is 6.42 Å². The number of oxazole rings is 1. The smallest absolute Gasteiger partial charge is 0.180 e. The molecule has 0 saturated carbocycles. The molecule has 1 aromatic carbocycles. The van der Waals surface area contributed by atoms with Crippen molar-refractivity contribution in [1.82, 2.24) is 9.97 Å². The number of thiophene rings is 1. The third-order valence-electron chi connectivity index (χ3n) is 3.09. The third kappa shape index (κ3) is 20.8. The van der Waals surface area contributed by atoms with Gasteiger partial charge in [0.15, 0.2) is 6.39 Å². The van der Waals surface area contributed by atoms with Crippen LogP contribution in [-0.4, -0.2) is 9.97 Å². The second-order valence-electron chi connectivity index (χ2n) is 5.53. The molecule has 5 aromatic rings. The molecule has 1 aliphatic rings. The Hall–Kier alpha value is -3.96. The molecule has 5 heteroatoms. The molecule has 4 heterocycles. The van der Waals surface area contributed by atoms with E-state index in [2.05, 4.69) is 43.1 Å². The first kappa shape index (κ1) is 26.1. The standard InChI is InChI=1S/C6H6.C5H5N.C5H6.C4H4O.C4H4S.C3H3NO/c2*1-2-4-6-5-3-1;3*1-2-4-5-3-1;1-2-5-3-4-1/h1-6H;1-5H;1-4H,5H2;2*1-4H;1-3H. The van der Waals surface area contributed by atoms with Gasteiger partial charge in [-0.25, -0.2) is 4.98 Å². The summed E-state index contributed by atoms with van der Waals surface area (Å²) in [5.41, 5.74) is 0. The van der Waals surface area contributed by atoms with Crippen LogP contribution in [0.2, 0.25) is 0 Å². The van der Waals surface area contributed by atoms with Crippen LogP contribution >= 0.6 is 11.3 Å². The van der Waals surface area contributed by atoms with E-state index in [1.165, 1.54) is 12.7 Å². The lowest BCUT2D eigenvalue weighted by Crippen LogP contribution is -1.58. The summed E-state index contributed by atoms with van der Waals surface area (Å²) in [6.07, 6.45) is 20.7. The van der Waals surface area contributed by atoms with Gasteiger partial charge in [-0.15, -0.1) is 0 Å². The number of aromatic nitrogens is 2. The molecule has 0 fully saturated rings. The van der Waals surface area contributed by atoms with Crippen molar-refractivity contribution in [1.29, 1.82) is 0 Å². The Labute approximate surface area is 194 Å². The van der Waals surface area contributed by atoms with Crippen molar-refractivity contribution in [3.8, 4) is 0 Å². The first-order valence-corrected chi connectivity index (χ1v) is 10.9. The lowest BCUT2D eigenvalue weighted by molar-refractivity contribution is 0.558. The van der Waals surface area contributed by atoms with E-state index in [1.54, 1.807) is 42.5 Å². The van der Waals surface area contributed by atoms with Gasteiger partial charge in [-0.1, -0.05) is 78.9 Å². The molecule has 1 aliphatic carbocycles. The summed E-state index contributed by atoms with van der Waals surface area (Å²) in [4.78, 5) is 7.34. The van der Waals surface area contributed by atoms with Crippen molar-refractivity contribution in [2.24, 2.45) is 0 Å². The second-order valence-corrected chi connectivity index (χ2v) is 6.35. The number of allylic oxidation sites excluding steroid dienone is 4. The minimum atomic E-state index is 1.14. The van der Waals surface area contributed by atoms with Crippen molar-refractivity contribution < 1.29 is 8.83 Å². The van der Waals surface area contributed by atoms with E-state index >= 15 is 0 Å². The molecule has 4 aromatic heterocycles. The molecular weight excluding hydrogens is 416 g/mol. The number of hydrogen-bond donors (Lipinski definition) is 0. The van der Waals surface area contributed by atoms with Gasteiger partial charge in [-0.3, -0.25) is 4.98 Å². The van der Waals surface area contributed by atoms with Crippen LogP contribution < -0.4 is 0 Å². The van der Waals surface area contributed by atoms with E-state index in [1.807, 2.05) is 89.6 Å². The molecule has 0 radical (unpaired) electrons. The van der Waals surface area contributed by atoms with E-state index < -0.39 is 0 Å². The van der Waals surface area contributed by atoms with Crippen LogP contribution in [0.15, 0.2) is 167 Å². The zero-order chi connectivity index (χ0) is 22.6. The molecule has 0 N–H and O–H groups in total. The second kappa shape index (κ2) is 23.3. The van der Waals surface area contributed by atoms with Gasteiger partial charge >= 0.3 is 0 Å². The minimum absolute atomic E-state index is 1.14. The number of benzene rings is 1. The molecule has 0 saturated heterocycles. The number of rotatable bonds is 0. The molecule has 32 heavy (non-hydrogen) atoms. The quantitative estimate of drug-likeness (QED) is 0.243. The molecule has 0 atom stereocenters. The van der Waals surface area contributed by atoms with Crippen LogP contribution in [0.25, 0.3) is 0 Å². The van der Waals surface area contributed by atoms with E-state index in [0.29, 0.717) is 0 Å². The van der Waals surface area contributed by atoms with Gasteiger partial charge in [0.25, 0.3) is 0 Å². The largest absolute Gasteiger partial charge is 0.473 e. The Morgan fingerprint density at radius 1 is 0.500 bits per heavy atom. The normalized spacial score (nSPS) is 9.50. The zero-order valence-corrected chi connectivity index (χ0v) is 18.7. The number of furan rings is 1. The number of hydrogen-bond acceptors (Lipinski definition) is 5. The number of pyridine rings is 1. The van der Waals surface area contributed by atoms with Crippen molar-refractivity contribution in [3.63, 3.8) is 0 Å². The third-order valence-corrected chi connectivity index (χ3v) is 3.72. The highest BCUT2D eigenvalue weighted by Gasteiger charge is 1.72. The Morgan fingerprint density at radius 2 is 1.06 bits per heavy atom. The molecule has 0 bridgehead atoms. The monoisotopic (exact) mass is 444 g/mol. The Morgan fingerprint density at radius 3 is 1.25 bits per heavy atom. The highest BCUT2D eigenvalue weighted by Crippen LogP contribution is 1.93. The topological polar surface area (TPSA) is 52.1 Å². The van der Waals surface area contributed by atoms with Crippen LogP contribution in [-0.2, 0) is 0 Å². The van der Waals surface area contributed by atoms with Gasteiger partial charge in [-0.2, -0.15) is 11.3 Å². The summed E-state index contributed by atoms with van der Waals surface area (Å²) >= 11 is 1.71. The fourth-order valence-corrected chi connectivity index (χ4v) is 2.17. The lowest BCUT2D eigenvalue weighted by Gasteiger charge is -1.70. The molecule has 0 unspecified atom stereocenters. The zero-order valence-electron chi connectivity index (χ0n) is 17.8. The van der Waals surface area contributed by atoms with Crippen molar-refractivity contribution >= 4 is 11.3 Å². The van der Waals surface area contributed by atoms with Gasteiger partial charge in [0.05, 0.1) is 18.7 Å². The summed E-state index contributed by atoms with van der Waals surface area (Å²) in [5, 5.41) is 4.08. The fourth-order valence-electron chi connectivity index (χ4n) is 1.72. The lowest BCUT2D eigenvalue weighted by atomic mass is 10.4. The SMILES string of the molecule is C1=CCC=C1.c1ccccc1.c1ccncc1.c1ccoc1.c1ccsc1.c1cocn1. The van der Waals surface area contributed by atoms with Crippen LogP contribution in [0.3, 0.4) is 0 Å². The van der Waals surface area contributed by atoms with E-state index in [0.717, 1.165) is 6.42 Å². The van der Waals surface area contributed by atoms with E-state index in [9.17, 15) is 0 Å². The Balaban J connectivity index is 0.000000192. The average molecular weight is 445 g/mol. The predicted molar refractivity (Wildman–Crippen MR) is 133 cm³/mol. The van der Waals surface area contributed by atoms with Crippen molar-refractivity contribution in [3.05, 3.63) is 158 Å². The maximum absolute atomic E-state index is 4.58. The van der Waals surface area contributed by atoms with Gasteiger partial charge in [-0.05, 0) is 41.4 Å². The maximum atomic E-state index is 4.58. The number of nitrogens with zero attached hydrogens (tertiary/aromatic N) is 2. The maximum Gasteiger partial charge on any atom is 0.180 e. The Bertz CT molecular complexity index is 727. The van der Waals surface area contributed by atoms with E-state index in [4.69, 9.17) is 0 Å². The first-order valence-electron chi connectivity index (χ1n) is 9.93. The van der Waals surface area contributed by atoms with Gasteiger partial charge < -0.3 is 8.83 Å². The van der Waals surface area contributed by atoms with Crippen molar-refractivity contribution in [2.45, 2.75) is 6.42 Å². The Kier molecular flexibility index (Phi) is 19.0. The molecule has 4 nitrogen and oxygen atoms in total. The van der Waals surface area contributed by atoms with Crippen molar-refractivity contribution in [2.75, 3.05) is 0 Å². The molecule has 6 rings (SSSR count). The fraction of sp³-hybridized carbons (Fsp3) is 0.0370.